The Balaban J connectivity index is 1.73. The van der Waals surface area contributed by atoms with Crippen LogP contribution in [0.4, 0.5) is 0 Å². The van der Waals surface area contributed by atoms with Crippen LogP contribution in [0.15, 0.2) is 48.5 Å². The highest BCUT2D eigenvalue weighted by Gasteiger charge is 2.72. The minimum atomic E-state index is -1.25. The molecule has 1 fully saturated rings. The lowest BCUT2D eigenvalue weighted by Gasteiger charge is -2.14. The summed E-state index contributed by atoms with van der Waals surface area (Å²) in [5, 5.41) is 9.44. The van der Waals surface area contributed by atoms with Gasteiger partial charge in [0, 0.05) is 6.42 Å². The van der Waals surface area contributed by atoms with E-state index >= 15 is 0 Å². The second-order valence-electron chi connectivity index (χ2n) is 5.83. The molecule has 0 saturated heterocycles. The van der Waals surface area contributed by atoms with Crippen molar-refractivity contribution in [3.8, 4) is 5.75 Å². The molecular weight excluding hydrogens is 335 g/mol. The summed E-state index contributed by atoms with van der Waals surface area (Å²) in [6, 6.07) is 14.9. The summed E-state index contributed by atoms with van der Waals surface area (Å²) in [7, 11) is 0. The first-order valence-electron chi connectivity index (χ1n) is 7.26. The lowest BCUT2D eigenvalue weighted by atomic mass is 9.96. The first-order valence-corrected chi connectivity index (χ1v) is 8.01. The summed E-state index contributed by atoms with van der Waals surface area (Å²) >= 11 is 12.1. The monoisotopic (exact) mass is 350 g/mol. The van der Waals surface area contributed by atoms with Crippen LogP contribution < -0.4 is 4.74 Å². The van der Waals surface area contributed by atoms with E-state index in [0.717, 1.165) is 5.56 Å². The van der Waals surface area contributed by atoms with Gasteiger partial charge in [0.1, 0.15) is 22.1 Å². The van der Waals surface area contributed by atoms with Crippen molar-refractivity contribution in [1.82, 2.24) is 0 Å². The maximum absolute atomic E-state index is 11.5. The van der Waals surface area contributed by atoms with Gasteiger partial charge in [0.2, 0.25) is 0 Å². The summed E-state index contributed by atoms with van der Waals surface area (Å²) in [6.07, 6.45) is 0.210. The largest absolute Gasteiger partial charge is 0.489 e. The van der Waals surface area contributed by atoms with Crippen LogP contribution in [0.25, 0.3) is 0 Å². The number of aryl methyl sites for hydroxylation is 1. The third-order valence-corrected chi connectivity index (χ3v) is 5.27. The summed E-state index contributed by atoms with van der Waals surface area (Å²) in [5.74, 6) is -0.330. The number of carboxylic acid groups (broad SMARTS) is 1. The highest BCUT2D eigenvalue weighted by molar-refractivity contribution is 6.54. The number of aliphatic carboxylic acids is 1. The minimum absolute atomic E-state index is 0.210. The van der Waals surface area contributed by atoms with Gasteiger partial charge in [0.25, 0.3) is 0 Å². The molecule has 2 aromatic rings. The molecule has 3 nitrogen and oxygen atoms in total. The predicted molar refractivity (Wildman–Crippen MR) is 90.3 cm³/mol. The van der Waals surface area contributed by atoms with Crippen LogP contribution in [0.1, 0.15) is 23.1 Å². The number of carboxylic acids is 1. The van der Waals surface area contributed by atoms with Gasteiger partial charge in [-0.1, -0.05) is 59.6 Å². The van der Waals surface area contributed by atoms with Crippen molar-refractivity contribution < 1.29 is 14.6 Å². The van der Waals surface area contributed by atoms with E-state index in [4.69, 9.17) is 27.9 Å². The van der Waals surface area contributed by atoms with Crippen molar-refractivity contribution in [2.45, 2.75) is 29.7 Å². The predicted octanol–water partition coefficient (Wildman–Crippen LogP) is 4.47. The fraction of sp³-hybridized carbons (Fsp3) is 0.278. The average Bonchev–Trinajstić information content (AvgIpc) is 3.11. The summed E-state index contributed by atoms with van der Waals surface area (Å²) in [6.45, 7) is 2.50. The van der Waals surface area contributed by atoms with Crippen LogP contribution >= 0.6 is 23.2 Å². The van der Waals surface area contributed by atoms with E-state index in [2.05, 4.69) is 0 Å². The maximum Gasteiger partial charge on any atom is 0.317 e. The molecule has 120 valence electrons. The molecule has 5 heteroatoms. The molecule has 1 aliphatic carbocycles. The fourth-order valence-corrected chi connectivity index (χ4v) is 3.51. The van der Waals surface area contributed by atoms with Crippen LogP contribution in [-0.2, 0) is 16.8 Å². The Kier molecular flexibility index (Phi) is 4.03. The molecule has 0 heterocycles. The Morgan fingerprint density at radius 3 is 2.30 bits per heavy atom. The molecule has 1 saturated carbocycles. The van der Waals surface area contributed by atoms with Crippen LogP contribution in [0.5, 0.6) is 5.75 Å². The molecule has 0 spiro atoms. The van der Waals surface area contributed by atoms with E-state index in [0.29, 0.717) is 17.9 Å². The summed E-state index contributed by atoms with van der Waals surface area (Å²) in [5.41, 5.74) is 1.66. The molecule has 23 heavy (non-hydrogen) atoms. The molecule has 1 N–H and O–H groups in total. The summed E-state index contributed by atoms with van der Waals surface area (Å²) < 4.78 is 4.51. The number of hydrogen-bond acceptors (Lipinski definition) is 2. The van der Waals surface area contributed by atoms with Crippen LogP contribution in [-0.4, -0.2) is 15.4 Å². The number of ether oxygens (including phenoxy) is 1. The molecule has 0 bridgehead atoms. The molecule has 1 unspecified atom stereocenters. The van der Waals surface area contributed by atoms with Crippen molar-refractivity contribution in [3.63, 3.8) is 0 Å². The number of carbonyl (C=O) groups is 1. The second-order valence-corrected chi connectivity index (χ2v) is 7.32. The van der Waals surface area contributed by atoms with Crippen molar-refractivity contribution in [2.24, 2.45) is 0 Å². The normalized spacial score (nSPS) is 21.7. The maximum atomic E-state index is 11.5. The van der Waals surface area contributed by atoms with Gasteiger partial charge in [0.05, 0.1) is 0 Å². The fourth-order valence-electron chi connectivity index (χ4n) is 2.73. The molecule has 0 aromatic heterocycles. The highest BCUT2D eigenvalue weighted by Crippen LogP contribution is 2.65. The Bertz CT molecular complexity index is 740. The first kappa shape index (κ1) is 16.2. The van der Waals surface area contributed by atoms with Gasteiger partial charge in [-0.25, -0.2) is 0 Å². The Hall–Kier alpha value is -1.71. The van der Waals surface area contributed by atoms with E-state index in [1.54, 1.807) is 24.3 Å². The van der Waals surface area contributed by atoms with Gasteiger partial charge in [-0.2, -0.15) is 0 Å². The second kappa shape index (κ2) is 5.73. The number of hydrogen-bond donors (Lipinski definition) is 1. The molecule has 3 rings (SSSR count). The Morgan fingerprint density at radius 2 is 1.78 bits per heavy atom. The van der Waals surface area contributed by atoms with Crippen LogP contribution in [0.3, 0.4) is 0 Å². The van der Waals surface area contributed by atoms with Gasteiger partial charge < -0.3 is 9.84 Å². The van der Waals surface area contributed by atoms with Gasteiger partial charge in [-0.3, -0.25) is 4.79 Å². The molecular formula is C18H16Cl2O3. The number of benzene rings is 2. The van der Waals surface area contributed by atoms with Crippen molar-refractivity contribution in [1.29, 1.82) is 0 Å². The molecule has 0 amide bonds. The zero-order valence-corrected chi connectivity index (χ0v) is 14.1. The van der Waals surface area contributed by atoms with Gasteiger partial charge >= 0.3 is 5.97 Å². The van der Waals surface area contributed by atoms with Gasteiger partial charge in [-0.05, 0) is 35.7 Å². The molecule has 1 aliphatic rings. The van der Waals surface area contributed by atoms with Gasteiger partial charge in [-0.15, -0.1) is 0 Å². The molecule has 2 aromatic carbocycles. The Morgan fingerprint density at radius 1 is 1.17 bits per heavy atom. The van der Waals surface area contributed by atoms with Crippen molar-refractivity contribution in [3.05, 3.63) is 65.2 Å². The standard InChI is InChI=1S/C18H16Cl2O3/c1-12-4-2-3-5-13(12)10-23-15-8-6-14(7-9-15)17(16(21)22)11-18(17,19)20/h2-9H,10-11H2,1H3,(H,21,22). The van der Waals surface area contributed by atoms with E-state index in [-0.39, 0.29) is 6.42 Å². The van der Waals surface area contributed by atoms with E-state index in [1.165, 1.54) is 5.56 Å². The van der Waals surface area contributed by atoms with Gasteiger partial charge in [0.15, 0.2) is 0 Å². The zero-order valence-electron chi connectivity index (χ0n) is 12.6. The van der Waals surface area contributed by atoms with Crippen LogP contribution in [0.2, 0.25) is 0 Å². The van der Waals surface area contributed by atoms with Crippen molar-refractivity contribution in [2.75, 3.05) is 0 Å². The van der Waals surface area contributed by atoms with E-state index < -0.39 is 15.7 Å². The third kappa shape index (κ3) is 2.79. The lowest BCUT2D eigenvalue weighted by molar-refractivity contribution is -0.140. The number of rotatable bonds is 5. The van der Waals surface area contributed by atoms with E-state index in [1.807, 2.05) is 31.2 Å². The topological polar surface area (TPSA) is 46.5 Å². The highest BCUT2D eigenvalue weighted by atomic mass is 35.5. The number of alkyl halides is 2. The lowest BCUT2D eigenvalue weighted by Crippen LogP contribution is -2.26. The SMILES string of the molecule is Cc1ccccc1COc1ccc(C2(C(=O)O)CC2(Cl)Cl)cc1. The molecule has 0 aliphatic heterocycles. The average molecular weight is 351 g/mol. The number of halogens is 2. The first-order chi connectivity index (χ1) is 10.9. The van der Waals surface area contributed by atoms with Crippen LogP contribution in [0, 0.1) is 6.92 Å². The summed E-state index contributed by atoms with van der Waals surface area (Å²) in [4.78, 5) is 11.5. The van der Waals surface area contributed by atoms with Crippen molar-refractivity contribution >= 4 is 29.2 Å². The quantitative estimate of drug-likeness (QED) is 0.809. The Labute approximate surface area is 144 Å². The third-order valence-electron chi connectivity index (χ3n) is 4.35. The smallest absolute Gasteiger partial charge is 0.317 e. The van der Waals surface area contributed by atoms with E-state index in [9.17, 15) is 9.90 Å². The zero-order chi connectivity index (χ0) is 16.7. The minimum Gasteiger partial charge on any atom is -0.489 e. The molecule has 1 atom stereocenters. The molecule has 0 radical (unpaired) electrons.